The van der Waals surface area contributed by atoms with E-state index in [0.717, 1.165) is 0 Å². The van der Waals surface area contributed by atoms with Crippen molar-refractivity contribution in [3.8, 4) is 0 Å². The fourth-order valence-electron chi connectivity index (χ4n) is 1.56. The van der Waals surface area contributed by atoms with Crippen LogP contribution in [0.1, 0.15) is 40.4 Å². The predicted octanol–water partition coefficient (Wildman–Crippen LogP) is 2.38. The Morgan fingerprint density at radius 1 is 1.43 bits per heavy atom. The summed E-state index contributed by atoms with van der Waals surface area (Å²) in [4.78, 5) is 20.4. The molecule has 0 fully saturated rings. The lowest BCUT2D eigenvalue weighted by Crippen LogP contribution is -2.47. The molecule has 0 aliphatic heterocycles. The first-order valence-corrected chi connectivity index (χ1v) is 7.29. The molecule has 118 valence electrons. The second-order valence-electron chi connectivity index (χ2n) is 5.73. The molecule has 0 aromatic carbocycles. The molecule has 1 unspecified atom stereocenters. The molecule has 0 bridgehead atoms. The Bertz CT molecular complexity index is 488. The highest BCUT2D eigenvalue weighted by molar-refractivity contribution is 6.29. The van der Waals surface area contributed by atoms with E-state index in [4.69, 9.17) is 16.3 Å². The van der Waals surface area contributed by atoms with Gasteiger partial charge in [-0.25, -0.2) is 9.97 Å². The van der Waals surface area contributed by atoms with E-state index in [1.165, 1.54) is 0 Å². The number of aromatic nitrogens is 2. The summed E-state index contributed by atoms with van der Waals surface area (Å²) < 4.78 is 5.26. The average molecular weight is 315 g/mol. The smallest absolute Gasteiger partial charge is 0.242 e. The number of rotatable bonds is 6. The van der Waals surface area contributed by atoms with E-state index in [2.05, 4.69) is 20.6 Å². The number of nitrogens with one attached hydrogen (secondary N) is 2. The molecule has 1 heterocycles. The van der Waals surface area contributed by atoms with E-state index in [-0.39, 0.29) is 18.1 Å². The number of ether oxygens (including phenoxy) is 1. The van der Waals surface area contributed by atoms with Crippen molar-refractivity contribution in [3.63, 3.8) is 0 Å². The maximum atomic E-state index is 12.0. The minimum Gasteiger partial charge on any atom is -0.374 e. The molecule has 6 nitrogen and oxygen atoms in total. The molecule has 1 aromatic heterocycles. The van der Waals surface area contributed by atoms with Crippen molar-refractivity contribution in [1.29, 1.82) is 0 Å². The quantitative estimate of drug-likeness (QED) is 0.788. The minimum absolute atomic E-state index is 0.108. The first kappa shape index (κ1) is 17.7. The van der Waals surface area contributed by atoms with E-state index >= 15 is 0 Å². The van der Waals surface area contributed by atoms with Crippen LogP contribution in [-0.4, -0.2) is 34.1 Å². The number of halogens is 1. The molecule has 0 saturated heterocycles. The van der Waals surface area contributed by atoms with Crippen molar-refractivity contribution in [2.45, 2.75) is 52.8 Å². The van der Waals surface area contributed by atoms with E-state index < -0.39 is 6.04 Å². The molecule has 1 rings (SSSR count). The van der Waals surface area contributed by atoms with E-state index in [1.807, 2.05) is 27.7 Å². The zero-order valence-electron chi connectivity index (χ0n) is 13.2. The summed E-state index contributed by atoms with van der Waals surface area (Å²) in [5, 5.41) is 6.23. The fourth-order valence-corrected chi connectivity index (χ4v) is 1.76. The molecule has 0 saturated carbocycles. The Balaban J connectivity index is 2.73. The van der Waals surface area contributed by atoms with Crippen LogP contribution in [-0.2, 0) is 16.1 Å². The molecule has 21 heavy (non-hydrogen) atoms. The maximum Gasteiger partial charge on any atom is 0.242 e. The summed E-state index contributed by atoms with van der Waals surface area (Å²) in [7, 11) is 0. The molecule has 1 aromatic rings. The van der Waals surface area contributed by atoms with Gasteiger partial charge in [-0.2, -0.15) is 0 Å². The van der Waals surface area contributed by atoms with E-state index in [1.54, 1.807) is 13.0 Å². The van der Waals surface area contributed by atoms with Gasteiger partial charge in [-0.05, 0) is 34.6 Å². The summed E-state index contributed by atoms with van der Waals surface area (Å²) in [5.41, 5.74) is -0.281. The number of hydrogen-bond acceptors (Lipinski definition) is 5. The minimum atomic E-state index is -0.435. The van der Waals surface area contributed by atoms with Crippen LogP contribution in [0, 0.1) is 0 Å². The van der Waals surface area contributed by atoms with E-state index in [9.17, 15) is 4.79 Å². The van der Waals surface area contributed by atoms with Gasteiger partial charge in [0.2, 0.25) is 5.91 Å². The Morgan fingerprint density at radius 2 is 2.10 bits per heavy atom. The van der Waals surface area contributed by atoms with Crippen LogP contribution >= 0.6 is 11.6 Å². The molecule has 1 amide bonds. The lowest BCUT2D eigenvalue weighted by molar-refractivity contribution is -0.122. The van der Waals surface area contributed by atoms with Crippen molar-refractivity contribution in [2.24, 2.45) is 0 Å². The van der Waals surface area contributed by atoms with Gasteiger partial charge in [0.1, 0.15) is 23.6 Å². The third kappa shape index (κ3) is 6.73. The number of hydrogen-bond donors (Lipinski definition) is 2. The fraction of sp³-hybridized carbons (Fsp3) is 0.643. The number of carbonyl (C=O) groups excluding carboxylic acids is 1. The first-order chi connectivity index (χ1) is 9.71. The molecule has 0 aliphatic carbocycles. The van der Waals surface area contributed by atoms with Crippen LogP contribution in [0.15, 0.2) is 6.07 Å². The van der Waals surface area contributed by atoms with Gasteiger partial charge in [0.05, 0.1) is 0 Å². The number of anilines is 1. The summed E-state index contributed by atoms with van der Waals surface area (Å²) in [6.45, 7) is 10.3. The number of nitrogens with zero attached hydrogens (tertiary/aromatic N) is 2. The van der Waals surface area contributed by atoms with Gasteiger partial charge in [0.15, 0.2) is 5.82 Å². The SMILES string of the molecule is CCOCc1nc(Cl)cc(NC(C)C(=O)NC(C)(C)C)n1. The largest absolute Gasteiger partial charge is 0.374 e. The molecule has 1 atom stereocenters. The van der Waals surface area contributed by atoms with Crippen LogP contribution in [0.2, 0.25) is 5.15 Å². The van der Waals surface area contributed by atoms with Crippen LogP contribution in [0.4, 0.5) is 5.82 Å². The molecule has 2 N–H and O–H groups in total. The third-order valence-corrected chi connectivity index (χ3v) is 2.63. The molecule has 0 aliphatic rings. The summed E-state index contributed by atoms with van der Waals surface area (Å²) >= 11 is 5.95. The lowest BCUT2D eigenvalue weighted by Gasteiger charge is -2.24. The molecule has 7 heteroatoms. The predicted molar refractivity (Wildman–Crippen MR) is 83.4 cm³/mol. The normalized spacial score (nSPS) is 12.9. The van der Waals surface area contributed by atoms with Gasteiger partial charge < -0.3 is 15.4 Å². The monoisotopic (exact) mass is 314 g/mol. The third-order valence-electron chi connectivity index (χ3n) is 2.43. The zero-order chi connectivity index (χ0) is 16.0. The van der Waals surface area contributed by atoms with Crippen LogP contribution in [0.3, 0.4) is 0 Å². The van der Waals surface area contributed by atoms with Crippen molar-refractivity contribution >= 4 is 23.3 Å². The van der Waals surface area contributed by atoms with Crippen LogP contribution in [0.25, 0.3) is 0 Å². The molecular formula is C14H23ClN4O2. The summed E-state index contributed by atoms with van der Waals surface area (Å²) in [6, 6.07) is 1.15. The van der Waals surface area contributed by atoms with E-state index in [0.29, 0.717) is 23.4 Å². The average Bonchev–Trinajstić information content (AvgIpc) is 2.33. The zero-order valence-corrected chi connectivity index (χ0v) is 13.9. The standard InChI is InChI=1S/C14H23ClN4O2/c1-6-21-8-12-17-10(15)7-11(18-12)16-9(2)13(20)19-14(3,4)5/h7,9H,6,8H2,1-5H3,(H,19,20)(H,16,17,18). The van der Waals surface area contributed by atoms with Gasteiger partial charge in [-0.1, -0.05) is 11.6 Å². The highest BCUT2D eigenvalue weighted by Gasteiger charge is 2.19. The Kier molecular flexibility index (Phi) is 6.36. The van der Waals surface area contributed by atoms with Gasteiger partial charge in [-0.15, -0.1) is 0 Å². The van der Waals surface area contributed by atoms with Crippen LogP contribution < -0.4 is 10.6 Å². The van der Waals surface area contributed by atoms with Crippen molar-refractivity contribution in [2.75, 3.05) is 11.9 Å². The molecular weight excluding hydrogens is 292 g/mol. The number of amides is 1. The Morgan fingerprint density at radius 3 is 2.67 bits per heavy atom. The van der Waals surface area contributed by atoms with Crippen molar-refractivity contribution in [1.82, 2.24) is 15.3 Å². The second-order valence-corrected chi connectivity index (χ2v) is 6.12. The number of carbonyl (C=O) groups is 1. The van der Waals surface area contributed by atoms with Gasteiger partial charge in [0.25, 0.3) is 0 Å². The molecule has 0 spiro atoms. The Hall–Kier alpha value is -1.40. The van der Waals surface area contributed by atoms with Crippen LogP contribution in [0.5, 0.6) is 0 Å². The summed E-state index contributed by atoms with van der Waals surface area (Å²) in [6.07, 6.45) is 0. The van der Waals surface area contributed by atoms with Gasteiger partial charge in [0, 0.05) is 18.2 Å². The lowest BCUT2D eigenvalue weighted by atomic mass is 10.1. The molecule has 0 radical (unpaired) electrons. The Labute approximate surface area is 130 Å². The first-order valence-electron chi connectivity index (χ1n) is 6.91. The maximum absolute atomic E-state index is 12.0. The highest BCUT2D eigenvalue weighted by Crippen LogP contribution is 2.13. The van der Waals surface area contributed by atoms with Crippen molar-refractivity contribution < 1.29 is 9.53 Å². The second kappa shape index (κ2) is 7.56. The van der Waals surface area contributed by atoms with Gasteiger partial charge in [-0.3, -0.25) is 4.79 Å². The van der Waals surface area contributed by atoms with Crippen molar-refractivity contribution in [3.05, 3.63) is 17.0 Å². The summed E-state index contributed by atoms with van der Waals surface area (Å²) in [5.74, 6) is 0.875. The van der Waals surface area contributed by atoms with Gasteiger partial charge >= 0.3 is 0 Å². The topological polar surface area (TPSA) is 76.1 Å². The highest BCUT2D eigenvalue weighted by atomic mass is 35.5.